The molecular formula is C15H12N2. The molecule has 17 heavy (non-hydrogen) atoms. The van der Waals surface area contributed by atoms with Gasteiger partial charge < -0.3 is 0 Å². The zero-order chi connectivity index (χ0) is 12.1. The van der Waals surface area contributed by atoms with Crippen LogP contribution in [-0.2, 0) is 0 Å². The maximum atomic E-state index is 8.95. The molecule has 0 N–H and O–H groups in total. The molecule has 0 saturated carbocycles. The van der Waals surface area contributed by atoms with E-state index >= 15 is 0 Å². The number of nitriles is 1. The number of benzene rings is 2. The van der Waals surface area contributed by atoms with Crippen LogP contribution >= 0.6 is 0 Å². The van der Waals surface area contributed by atoms with Crippen molar-refractivity contribution in [2.45, 2.75) is 6.92 Å². The van der Waals surface area contributed by atoms with Gasteiger partial charge in [-0.15, -0.1) is 0 Å². The Hall–Kier alpha value is -2.40. The Morgan fingerprint density at radius 2 is 1.94 bits per heavy atom. The second kappa shape index (κ2) is 5.09. The lowest BCUT2D eigenvalue weighted by Crippen LogP contribution is -1.86. The van der Waals surface area contributed by atoms with Crippen LogP contribution in [0, 0.1) is 18.3 Å². The highest BCUT2D eigenvalue weighted by Crippen LogP contribution is 2.14. The topological polar surface area (TPSA) is 36.1 Å². The van der Waals surface area contributed by atoms with Gasteiger partial charge in [0.2, 0.25) is 0 Å². The van der Waals surface area contributed by atoms with Crippen LogP contribution in [-0.4, -0.2) is 6.21 Å². The smallest absolute Gasteiger partial charge is 0.0998 e. The van der Waals surface area contributed by atoms with E-state index < -0.39 is 0 Å². The molecule has 0 aliphatic heterocycles. The summed E-state index contributed by atoms with van der Waals surface area (Å²) in [5, 5.41) is 8.95. The third-order valence-electron chi connectivity index (χ3n) is 2.44. The first kappa shape index (κ1) is 11.1. The van der Waals surface area contributed by atoms with Crippen molar-refractivity contribution in [2.24, 2.45) is 4.99 Å². The quantitative estimate of drug-likeness (QED) is 0.712. The summed E-state index contributed by atoms with van der Waals surface area (Å²) in [7, 11) is 0. The standard InChI is InChI=1S/C15H12N2/c1-12-5-4-8-15(9-12)17-11-14-7-3-2-6-13(14)10-16/h2-9,11H,1H3. The molecule has 0 spiro atoms. The maximum absolute atomic E-state index is 8.95. The predicted molar refractivity (Wildman–Crippen MR) is 69.6 cm³/mol. The highest BCUT2D eigenvalue weighted by atomic mass is 14.7. The summed E-state index contributed by atoms with van der Waals surface area (Å²) in [4.78, 5) is 4.37. The third kappa shape index (κ3) is 2.79. The predicted octanol–water partition coefficient (Wildman–Crippen LogP) is 3.62. The van der Waals surface area contributed by atoms with Gasteiger partial charge in [-0.3, -0.25) is 4.99 Å². The fraction of sp³-hybridized carbons (Fsp3) is 0.0667. The van der Waals surface area contributed by atoms with Gasteiger partial charge in [-0.2, -0.15) is 5.26 Å². The minimum atomic E-state index is 0.643. The first-order chi connectivity index (χ1) is 8.29. The molecule has 2 aromatic carbocycles. The molecule has 0 unspecified atom stereocenters. The van der Waals surface area contributed by atoms with Crippen LogP contribution in [0.25, 0.3) is 0 Å². The first-order valence-electron chi connectivity index (χ1n) is 5.39. The number of aliphatic imine (C=N–C) groups is 1. The number of nitrogens with zero attached hydrogens (tertiary/aromatic N) is 2. The molecule has 2 aromatic rings. The minimum Gasteiger partial charge on any atom is -0.256 e. The van der Waals surface area contributed by atoms with Crippen molar-refractivity contribution >= 4 is 11.9 Å². The van der Waals surface area contributed by atoms with Gasteiger partial charge >= 0.3 is 0 Å². The molecule has 82 valence electrons. The molecular weight excluding hydrogens is 208 g/mol. The van der Waals surface area contributed by atoms with E-state index in [1.165, 1.54) is 5.56 Å². The van der Waals surface area contributed by atoms with E-state index in [-0.39, 0.29) is 0 Å². The highest BCUT2D eigenvalue weighted by molar-refractivity contribution is 5.85. The minimum absolute atomic E-state index is 0.643. The molecule has 0 amide bonds. The molecule has 0 fully saturated rings. The van der Waals surface area contributed by atoms with Gasteiger partial charge in [0.05, 0.1) is 17.3 Å². The van der Waals surface area contributed by atoms with Crippen LogP contribution in [0.1, 0.15) is 16.7 Å². The van der Waals surface area contributed by atoms with Gasteiger partial charge in [-0.25, -0.2) is 0 Å². The average molecular weight is 220 g/mol. The van der Waals surface area contributed by atoms with Crippen LogP contribution in [0.2, 0.25) is 0 Å². The zero-order valence-electron chi connectivity index (χ0n) is 9.59. The molecule has 0 saturated heterocycles. The van der Waals surface area contributed by atoms with Gasteiger partial charge in [-0.1, -0.05) is 30.3 Å². The van der Waals surface area contributed by atoms with Crippen molar-refractivity contribution in [3.63, 3.8) is 0 Å². The Morgan fingerprint density at radius 3 is 2.71 bits per heavy atom. The Bertz CT molecular complexity index is 592. The summed E-state index contributed by atoms with van der Waals surface area (Å²) < 4.78 is 0. The maximum Gasteiger partial charge on any atom is 0.0998 e. The Morgan fingerprint density at radius 1 is 1.12 bits per heavy atom. The molecule has 0 aliphatic carbocycles. The monoisotopic (exact) mass is 220 g/mol. The normalized spacial score (nSPS) is 10.4. The van der Waals surface area contributed by atoms with E-state index in [1.807, 2.05) is 49.4 Å². The number of aryl methyl sites for hydroxylation is 1. The van der Waals surface area contributed by atoms with Crippen molar-refractivity contribution < 1.29 is 0 Å². The fourth-order valence-corrected chi connectivity index (χ4v) is 1.56. The van der Waals surface area contributed by atoms with E-state index in [0.717, 1.165) is 11.3 Å². The summed E-state index contributed by atoms with van der Waals surface area (Å²) in [5.74, 6) is 0. The summed E-state index contributed by atoms with van der Waals surface area (Å²) in [6.07, 6.45) is 1.73. The van der Waals surface area contributed by atoms with Crippen LogP contribution in [0.15, 0.2) is 53.5 Å². The van der Waals surface area contributed by atoms with Crippen molar-refractivity contribution in [1.82, 2.24) is 0 Å². The number of hydrogen-bond acceptors (Lipinski definition) is 2. The van der Waals surface area contributed by atoms with Crippen molar-refractivity contribution in [1.29, 1.82) is 5.26 Å². The Labute approximate surface area is 101 Å². The lowest BCUT2D eigenvalue weighted by molar-refractivity contribution is 1.42. The number of hydrogen-bond donors (Lipinski definition) is 0. The highest BCUT2D eigenvalue weighted by Gasteiger charge is 1.96. The molecule has 2 heteroatoms. The average Bonchev–Trinajstić information content (AvgIpc) is 2.37. The molecule has 0 radical (unpaired) electrons. The van der Waals surface area contributed by atoms with E-state index in [4.69, 9.17) is 5.26 Å². The summed E-state index contributed by atoms with van der Waals surface area (Å²) in [6.45, 7) is 2.03. The molecule has 0 bridgehead atoms. The van der Waals surface area contributed by atoms with Gasteiger partial charge in [-0.05, 0) is 30.7 Å². The molecule has 0 atom stereocenters. The second-order valence-electron chi connectivity index (χ2n) is 3.80. The SMILES string of the molecule is Cc1cccc(N=Cc2ccccc2C#N)c1. The summed E-state index contributed by atoms with van der Waals surface area (Å²) in [6, 6.07) is 17.5. The molecule has 2 rings (SSSR count). The van der Waals surface area contributed by atoms with E-state index in [2.05, 4.69) is 11.1 Å². The van der Waals surface area contributed by atoms with E-state index in [1.54, 1.807) is 12.3 Å². The first-order valence-corrected chi connectivity index (χ1v) is 5.39. The van der Waals surface area contributed by atoms with Crippen LogP contribution in [0.5, 0.6) is 0 Å². The van der Waals surface area contributed by atoms with Crippen LogP contribution in [0.3, 0.4) is 0 Å². The third-order valence-corrected chi connectivity index (χ3v) is 2.44. The van der Waals surface area contributed by atoms with Crippen molar-refractivity contribution in [3.8, 4) is 6.07 Å². The van der Waals surface area contributed by atoms with Crippen LogP contribution in [0.4, 0.5) is 5.69 Å². The van der Waals surface area contributed by atoms with Gasteiger partial charge in [0.25, 0.3) is 0 Å². The van der Waals surface area contributed by atoms with Gasteiger partial charge in [0.15, 0.2) is 0 Å². The zero-order valence-corrected chi connectivity index (χ0v) is 9.59. The van der Waals surface area contributed by atoms with Crippen LogP contribution < -0.4 is 0 Å². The molecule has 0 aliphatic rings. The van der Waals surface area contributed by atoms with Crippen molar-refractivity contribution in [3.05, 3.63) is 65.2 Å². The summed E-state index contributed by atoms with van der Waals surface area (Å²) >= 11 is 0. The lowest BCUT2D eigenvalue weighted by atomic mass is 10.1. The molecule has 0 heterocycles. The van der Waals surface area contributed by atoms with Gasteiger partial charge in [0, 0.05) is 11.8 Å². The summed E-state index contributed by atoms with van der Waals surface area (Å²) in [5.41, 5.74) is 3.56. The second-order valence-corrected chi connectivity index (χ2v) is 3.80. The Balaban J connectivity index is 2.30. The van der Waals surface area contributed by atoms with E-state index in [9.17, 15) is 0 Å². The number of rotatable bonds is 2. The lowest BCUT2D eigenvalue weighted by Gasteiger charge is -1.97. The Kier molecular flexibility index (Phi) is 3.32. The van der Waals surface area contributed by atoms with Crippen molar-refractivity contribution in [2.75, 3.05) is 0 Å². The molecule has 2 nitrogen and oxygen atoms in total. The van der Waals surface area contributed by atoms with Gasteiger partial charge in [0.1, 0.15) is 0 Å². The largest absolute Gasteiger partial charge is 0.256 e. The van der Waals surface area contributed by atoms with E-state index in [0.29, 0.717) is 5.56 Å². The molecule has 0 aromatic heterocycles. The fourth-order valence-electron chi connectivity index (χ4n) is 1.56.